The van der Waals surface area contributed by atoms with Crippen LogP contribution in [0.3, 0.4) is 0 Å². The summed E-state index contributed by atoms with van der Waals surface area (Å²) in [6.07, 6.45) is 0. The molecule has 0 saturated carbocycles. The molecule has 0 N–H and O–H groups in total. The number of hydrogen-bond acceptors (Lipinski definition) is 5. The summed E-state index contributed by atoms with van der Waals surface area (Å²) < 4.78 is 6.57. The van der Waals surface area contributed by atoms with Gasteiger partial charge in [-0.3, -0.25) is 0 Å². The van der Waals surface area contributed by atoms with Gasteiger partial charge >= 0.3 is 0 Å². The molecule has 0 amide bonds. The number of benzene rings is 7. The predicted molar refractivity (Wildman–Crippen MR) is 190 cm³/mol. The maximum atomic E-state index is 6.57. The van der Waals surface area contributed by atoms with Crippen LogP contribution in [0.2, 0.25) is 0 Å². The van der Waals surface area contributed by atoms with Crippen LogP contribution in [0.25, 0.3) is 89.4 Å². The van der Waals surface area contributed by atoms with Crippen molar-refractivity contribution in [3.05, 3.63) is 158 Å². The number of aromatic nitrogens is 4. The van der Waals surface area contributed by atoms with Crippen LogP contribution in [0, 0.1) is 0 Å². The molecule has 5 nitrogen and oxygen atoms in total. The predicted octanol–water partition coefficient (Wildman–Crippen LogP) is 10.7. The van der Waals surface area contributed by atoms with Crippen molar-refractivity contribution in [2.75, 3.05) is 0 Å². The lowest BCUT2D eigenvalue weighted by molar-refractivity contribution is 0.623. The molecule has 9 aromatic rings. The maximum Gasteiger partial charge on any atom is 0.227 e. The monoisotopic (exact) mass is 602 g/mol. The van der Waals surface area contributed by atoms with E-state index in [0.717, 1.165) is 66.0 Å². The molecule has 47 heavy (non-hydrogen) atoms. The Morgan fingerprint density at radius 3 is 1.51 bits per heavy atom. The zero-order chi connectivity index (χ0) is 31.2. The fraction of sp³-hybridized carbons (Fsp3) is 0. The molecule has 0 aliphatic rings. The number of oxazole rings is 1. The van der Waals surface area contributed by atoms with Gasteiger partial charge in [0.2, 0.25) is 5.89 Å². The van der Waals surface area contributed by atoms with Gasteiger partial charge in [-0.05, 0) is 57.6 Å². The Hall–Kier alpha value is -6.46. The van der Waals surface area contributed by atoms with Crippen molar-refractivity contribution in [3.8, 4) is 56.7 Å². The van der Waals surface area contributed by atoms with Gasteiger partial charge in [0.05, 0.1) is 0 Å². The van der Waals surface area contributed by atoms with Crippen LogP contribution >= 0.6 is 0 Å². The van der Waals surface area contributed by atoms with Crippen LogP contribution in [0.4, 0.5) is 0 Å². The Bertz CT molecular complexity index is 2490. The van der Waals surface area contributed by atoms with E-state index in [4.69, 9.17) is 24.4 Å². The first-order valence-electron chi connectivity index (χ1n) is 15.6. The largest absolute Gasteiger partial charge is 0.435 e. The highest BCUT2D eigenvalue weighted by Gasteiger charge is 2.18. The molecule has 0 aliphatic heterocycles. The second-order valence-corrected chi connectivity index (χ2v) is 11.5. The Morgan fingerprint density at radius 1 is 0.383 bits per heavy atom. The topological polar surface area (TPSA) is 64.7 Å². The van der Waals surface area contributed by atoms with Crippen molar-refractivity contribution in [3.63, 3.8) is 0 Å². The summed E-state index contributed by atoms with van der Waals surface area (Å²) in [4.78, 5) is 19.8. The Morgan fingerprint density at radius 2 is 0.915 bits per heavy atom. The van der Waals surface area contributed by atoms with Gasteiger partial charge in [-0.1, -0.05) is 127 Å². The lowest BCUT2D eigenvalue weighted by Gasteiger charge is -2.13. The maximum absolute atomic E-state index is 6.57. The third-order valence-corrected chi connectivity index (χ3v) is 8.53. The summed E-state index contributed by atoms with van der Waals surface area (Å²) in [6, 6.07) is 53.5. The molecule has 0 atom stereocenters. The second-order valence-electron chi connectivity index (χ2n) is 11.5. The molecule has 0 aliphatic carbocycles. The minimum atomic E-state index is 0.599. The standard InChI is InChI=1S/C42H26N4O/c1-5-13-27(14-6-1)34-25-31-22-24-36-38(47-42(43-36)30-19-11-4-12-20-30)37(31)35-26-32(21-23-33(34)35)41-45-39(28-15-7-2-8-16-28)44-40(46-41)29-17-9-3-10-18-29/h1-26H. The molecule has 0 spiro atoms. The SMILES string of the molecule is c1ccc(-c2nc(-c3ccccc3)nc(-c3ccc4c(-c5ccccc5)cc5ccc6nc(-c7ccccc7)oc6c5c4c3)n2)cc1. The molecular weight excluding hydrogens is 576 g/mol. The number of hydrogen-bond donors (Lipinski definition) is 0. The summed E-state index contributed by atoms with van der Waals surface area (Å²) in [7, 11) is 0. The lowest BCUT2D eigenvalue weighted by Crippen LogP contribution is -2.00. The molecule has 0 unspecified atom stereocenters. The molecule has 0 saturated heterocycles. The zero-order valence-electron chi connectivity index (χ0n) is 25.2. The van der Waals surface area contributed by atoms with E-state index in [-0.39, 0.29) is 0 Å². The first-order valence-corrected chi connectivity index (χ1v) is 15.6. The van der Waals surface area contributed by atoms with Crippen molar-refractivity contribution >= 4 is 32.6 Å². The van der Waals surface area contributed by atoms with Gasteiger partial charge in [0.1, 0.15) is 5.52 Å². The van der Waals surface area contributed by atoms with Crippen LogP contribution in [0.5, 0.6) is 0 Å². The van der Waals surface area contributed by atoms with Crippen LogP contribution in [-0.2, 0) is 0 Å². The van der Waals surface area contributed by atoms with Gasteiger partial charge in [-0.15, -0.1) is 0 Å². The fourth-order valence-electron chi connectivity index (χ4n) is 6.26. The fourth-order valence-corrected chi connectivity index (χ4v) is 6.26. The molecule has 0 bridgehead atoms. The van der Waals surface area contributed by atoms with Gasteiger partial charge < -0.3 is 4.42 Å². The Labute approximate surface area is 270 Å². The summed E-state index contributed by atoms with van der Waals surface area (Å²) in [5.74, 6) is 2.46. The first kappa shape index (κ1) is 26.9. The number of nitrogens with zero attached hydrogens (tertiary/aromatic N) is 4. The van der Waals surface area contributed by atoms with Crippen LogP contribution < -0.4 is 0 Å². The van der Waals surface area contributed by atoms with Gasteiger partial charge in [0.15, 0.2) is 23.1 Å². The quantitative estimate of drug-likeness (QED) is 0.183. The third-order valence-electron chi connectivity index (χ3n) is 8.53. The Balaban J connectivity index is 1.33. The van der Waals surface area contributed by atoms with Gasteiger partial charge in [0, 0.05) is 27.6 Å². The summed E-state index contributed by atoms with van der Waals surface area (Å²) in [5.41, 5.74) is 7.56. The van der Waals surface area contributed by atoms with E-state index < -0.39 is 0 Å². The summed E-state index contributed by atoms with van der Waals surface area (Å²) in [5, 5.41) is 4.23. The van der Waals surface area contributed by atoms with E-state index in [1.165, 1.54) is 0 Å². The minimum absolute atomic E-state index is 0.599. The highest BCUT2D eigenvalue weighted by Crippen LogP contribution is 2.41. The average molecular weight is 603 g/mol. The smallest absolute Gasteiger partial charge is 0.227 e. The van der Waals surface area contributed by atoms with Crippen molar-refractivity contribution in [2.45, 2.75) is 0 Å². The van der Waals surface area contributed by atoms with Crippen LogP contribution in [-0.4, -0.2) is 19.9 Å². The summed E-state index contributed by atoms with van der Waals surface area (Å²) in [6.45, 7) is 0. The van der Waals surface area contributed by atoms with E-state index in [1.807, 2.05) is 103 Å². The number of fused-ring (bicyclic) bond motifs is 5. The molecule has 7 aromatic carbocycles. The molecule has 9 rings (SSSR count). The zero-order valence-corrected chi connectivity index (χ0v) is 25.2. The second kappa shape index (κ2) is 11.2. The molecular formula is C42H26N4O. The van der Waals surface area contributed by atoms with E-state index in [1.54, 1.807) is 0 Å². The minimum Gasteiger partial charge on any atom is -0.435 e. The van der Waals surface area contributed by atoms with Crippen molar-refractivity contribution in [1.82, 2.24) is 19.9 Å². The first-order chi connectivity index (χ1) is 23.3. The molecule has 220 valence electrons. The molecule has 0 fully saturated rings. The Kier molecular flexibility index (Phi) is 6.39. The van der Waals surface area contributed by atoms with Crippen molar-refractivity contribution < 1.29 is 4.42 Å². The molecule has 5 heteroatoms. The third kappa shape index (κ3) is 4.82. The highest BCUT2D eigenvalue weighted by molar-refractivity contribution is 6.22. The van der Waals surface area contributed by atoms with E-state index >= 15 is 0 Å². The molecule has 2 aromatic heterocycles. The lowest BCUT2D eigenvalue weighted by atomic mass is 9.91. The van der Waals surface area contributed by atoms with Crippen LogP contribution in [0.1, 0.15) is 0 Å². The normalized spacial score (nSPS) is 11.4. The van der Waals surface area contributed by atoms with E-state index in [9.17, 15) is 0 Å². The summed E-state index contributed by atoms with van der Waals surface area (Å²) >= 11 is 0. The van der Waals surface area contributed by atoms with Gasteiger partial charge in [0.25, 0.3) is 0 Å². The van der Waals surface area contributed by atoms with Crippen LogP contribution in [0.15, 0.2) is 162 Å². The average Bonchev–Trinajstić information content (AvgIpc) is 3.60. The van der Waals surface area contributed by atoms with E-state index in [2.05, 4.69) is 54.6 Å². The van der Waals surface area contributed by atoms with E-state index in [0.29, 0.717) is 23.4 Å². The number of rotatable bonds is 5. The van der Waals surface area contributed by atoms with Gasteiger partial charge in [-0.2, -0.15) is 0 Å². The van der Waals surface area contributed by atoms with Gasteiger partial charge in [-0.25, -0.2) is 19.9 Å². The molecule has 2 heterocycles. The van der Waals surface area contributed by atoms with Crippen molar-refractivity contribution in [1.29, 1.82) is 0 Å². The van der Waals surface area contributed by atoms with Crippen molar-refractivity contribution in [2.24, 2.45) is 0 Å². The highest BCUT2D eigenvalue weighted by atomic mass is 16.3. The molecule has 0 radical (unpaired) electrons.